The van der Waals surface area contributed by atoms with Gasteiger partial charge in [-0.3, -0.25) is 14.9 Å². The van der Waals surface area contributed by atoms with E-state index in [0.29, 0.717) is 35.6 Å². The van der Waals surface area contributed by atoms with Gasteiger partial charge in [-0.05, 0) is 42.7 Å². The standard InChI is InChI=1S/C28H33N3O4.BrH/c1-3-17-31(18-4-2,20-23-13-15-26(16-14-23)30(33)34)21-28(32)29-25-11-8-12-27(19-25)35-22-24-9-6-5-7-10-24;/h5-16,19H,3-4,17-18,20-22H2,1-2H3;1H. The molecule has 0 aliphatic carbocycles. The van der Waals surface area contributed by atoms with E-state index in [1.807, 2.05) is 54.6 Å². The van der Waals surface area contributed by atoms with Crippen molar-refractivity contribution in [1.29, 1.82) is 0 Å². The Kier molecular flexibility index (Phi) is 11.6. The predicted octanol–water partition coefficient (Wildman–Crippen LogP) is 2.95. The Morgan fingerprint density at radius 2 is 1.58 bits per heavy atom. The topological polar surface area (TPSA) is 81.5 Å². The van der Waals surface area contributed by atoms with E-state index >= 15 is 0 Å². The summed E-state index contributed by atoms with van der Waals surface area (Å²) >= 11 is 0. The van der Waals surface area contributed by atoms with Crippen molar-refractivity contribution in [1.82, 2.24) is 0 Å². The molecule has 3 aromatic carbocycles. The highest BCUT2D eigenvalue weighted by atomic mass is 79.9. The summed E-state index contributed by atoms with van der Waals surface area (Å²) in [5.74, 6) is 0.634. The number of quaternary nitrogens is 1. The van der Waals surface area contributed by atoms with Gasteiger partial charge in [-0.25, -0.2) is 0 Å². The third kappa shape index (κ3) is 8.77. The number of carbonyl (C=O) groups is 1. The van der Waals surface area contributed by atoms with Crippen LogP contribution in [0.1, 0.15) is 37.8 Å². The Morgan fingerprint density at radius 1 is 0.917 bits per heavy atom. The first kappa shape index (κ1) is 29.0. The number of benzene rings is 3. The summed E-state index contributed by atoms with van der Waals surface area (Å²) < 4.78 is 6.49. The second-order valence-corrected chi connectivity index (χ2v) is 8.88. The molecule has 0 spiro atoms. The fraction of sp³-hybridized carbons (Fsp3) is 0.321. The van der Waals surface area contributed by atoms with Crippen molar-refractivity contribution in [3.05, 3.63) is 100 Å². The Balaban J connectivity index is 0.00000456. The molecule has 0 atom stereocenters. The van der Waals surface area contributed by atoms with Crippen molar-refractivity contribution in [2.24, 2.45) is 0 Å². The van der Waals surface area contributed by atoms with Crippen LogP contribution >= 0.6 is 0 Å². The van der Waals surface area contributed by atoms with Crippen LogP contribution in [0.25, 0.3) is 0 Å². The first-order chi connectivity index (χ1) is 16.9. The van der Waals surface area contributed by atoms with Gasteiger partial charge in [0, 0.05) is 29.4 Å². The van der Waals surface area contributed by atoms with Crippen LogP contribution in [0.15, 0.2) is 78.9 Å². The van der Waals surface area contributed by atoms with Gasteiger partial charge in [0.2, 0.25) is 0 Å². The van der Waals surface area contributed by atoms with Gasteiger partial charge < -0.3 is 31.5 Å². The van der Waals surface area contributed by atoms with Crippen molar-refractivity contribution in [3.63, 3.8) is 0 Å². The van der Waals surface area contributed by atoms with E-state index < -0.39 is 4.92 Å². The van der Waals surface area contributed by atoms with Crippen molar-refractivity contribution in [2.75, 3.05) is 25.0 Å². The molecular formula is C28H34BrN3O4. The van der Waals surface area contributed by atoms with Crippen molar-refractivity contribution >= 4 is 17.3 Å². The van der Waals surface area contributed by atoms with Crippen molar-refractivity contribution in [3.8, 4) is 5.75 Å². The zero-order valence-corrected chi connectivity index (χ0v) is 22.4. The number of anilines is 1. The molecule has 0 saturated heterocycles. The number of non-ortho nitro benzene ring substituents is 1. The normalized spacial score (nSPS) is 10.8. The van der Waals surface area contributed by atoms with Crippen LogP contribution in [0.2, 0.25) is 0 Å². The molecule has 7 nitrogen and oxygen atoms in total. The summed E-state index contributed by atoms with van der Waals surface area (Å²) in [5.41, 5.74) is 2.84. The zero-order chi connectivity index (χ0) is 25.1. The Bertz CT molecular complexity index is 1100. The summed E-state index contributed by atoms with van der Waals surface area (Å²) in [6.07, 6.45) is 1.87. The summed E-state index contributed by atoms with van der Waals surface area (Å²) in [5, 5.41) is 14.0. The van der Waals surface area contributed by atoms with Gasteiger partial charge in [-0.2, -0.15) is 0 Å². The number of hydrogen-bond donors (Lipinski definition) is 1. The summed E-state index contributed by atoms with van der Waals surface area (Å²) in [4.78, 5) is 23.7. The van der Waals surface area contributed by atoms with Crippen LogP contribution in [0.5, 0.6) is 5.75 Å². The van der Waals surface area contributed by atoms with Gasteiger partial charge in [-0.1, -0.05) is 50.2 Å². The van der Waals surface area contributed by atoms with Gasteiger partial charge >= 0.3 is 0 Å². The molecule has 0 unspecified atom stereocenters. The Hall–Kier alpha value is -3.23. The zero-order valence-electron chi connectivity index (χ0n) is 20.9. The fourth-order valence-electron chi connectivity index (χ4n) is 4.45. The van der Waals surface area contributed by atoms with E-state index in [0.717, 1.165) is 37.1 Å². The lowest BCUT2D eigenvalue weighted by Gasteiger charge is -2.38. The van der Waals surface area contributed by atoms with Crippen LogP contribution in [-0.2, 0) is 17.9 Å². The molecule has 0 aliphatic rings. The molecule has 0 aliphatic heterocycles. The smallest absolute Gasteiger partial charge is 0.279 e. The lowest BCUT2D eigenvalue weighted by molar-refractivity contribution is -0.933. The maximum atomic E-state index is 13.1. The third-order valence-corrected chi connectivity index (χ3v) is 5.91. The number of halogens is 1. The number of hydrogen-bond acceptors (Lipinski definition) is 4. The van der Waals surface area contributed by atoms with Gasteiger partial charge in [0.05, 0.1) is 18.0 Å². The van der Waals surface area contributed by atoms with Crippen LogP contribution in [0.3, 0.4) is 0 Å². The van der Waals surface area contributed by atoms with Crippen LogP contribution in [0.4, 0.5) is 11.4 Å². The van der Waals surface area contributed by atoms with Crippen molar-refractivity contribution in [2.45, 2.75) is 39.8 Å². The molecule has 36 heavy (non-hydrogen) atoms. The molecular weight excluding hydrogens is 522 g/mol. The summed E-state index contributed by atoms with van der Waals surface area (Å²) in [6.45, 7) is 7.35. The van der Waals surface area contributed by atoms with Crippen LogP contribution in [-0.4, -0.2) is 34.9 Å². The average Bonchev–Trinajstić information content (AvgIpc) is 2.84. The molecule has 3 aromatic rings. The largest absolute Gasteiger partial charge is 1.00 e. The van der Waals surface area contributed by atoms with E-state index in [-0.39, 0.29) is 28.6 Å². The second-order valence-electron chi connectivity index (χ2n) is 8.88. The molecule has 0 radical (unpaired) electrons. The molecule has 0 aromatic heterocycles. The van der Waals surface area contributed by atoms with E-state index in [1.165, 1.54) is 12.1 Å². The number of carbonyl (C=O) groups excluding carboxylic acids is 1. The lowest BCUT2D eigenvalue weighted by Crippen LogP contribution is -3.00. The fourth-order valence-corrected chi connectivity index (χ4v) is 4.45. The highest BCUT2D eigenvalue weighted by Gasteiger charge is 2.29. The van der Waals surface area contributed by atoms with Gasteiger partial charge in [0.15, 0.2) is 6.54 Å². The van der Waals surface area contributed by atoms with E-state index in [4.69, 9.17) is 4.74 Å². The summed E-state index contributed by atoms with van der Waals surface area (Å²) in [7, 11) is 0. The number of nitrogens with zero attached hydrogens (tertiary/aromatic N) is 2. The first-order valence-electron chi connectivity index (χ1n) is 12.1. The quantitative estimate of drug-likeness (QED) is 0.200. The molecule has 192 valence electrons. The minimum atomic E-state index is -0.394. The maximum absolute atomic E-state index is 13.1. The molecule has 0 bridgehead atoms. The number of nitrogens with one attached hydrogen (secondary N) is 1. The molecule has 1 N–H and O–H groups in total. The third-order valence-electron chi connectivity index (χ3n) is 5.91. The highest BCUT2D eigenvalue weighted by Crippen LogP contribution is 2.22. The average molecular weight is 557 g/mol. The molecule has 0 saturated carbocycles. The summed E-state index contributed by atoms with van der Waals surface area (Å²) in [6, 6.07) is 24.0. The predicted molar refractivity (Wildman–Crippen MR) is 138 cm³/mol. The molecule has 0 fully saturated rings. The number of rotatable bonds is 13. The molecule has 8 heteroatoms. The van der Waals surface area contributed by atoms with Gasteiger partial charge in [0.1, 0.15) is 18.9 Å². The molecule has 3 rings (SSSR count). The van der Waals surface area contributed by atoms with Crippen LogP contribution in [0, 0.1) is 10.1 Å². The number of ether oxygens (including phenoxy) is 1. The van der Waals surface area contributed by atoms with Gasteiger partial charge in [0.25, 0.3) is 11.6 Å². The molecule has 1 amide bonds. The Morgan fingerprint density at radius 3 is 2.19 bits per heavy atom. The monoisotopic (exact) mass is 555 g/mol. The second kappa shape index (κ2) is 14.4. The minimum absolute atomic E-state index is 0. The SMILES string of the molecule is CCC[N+](CCC)(CC(=O)Nc1cccc(OCc2ccccc2)c1)Cc1ccc([N+](=O)[O-])cc1.[Br-]. The number of nitro benzene ring substituents is 1. The van der Waals surface area contributed by atoms with E-state index in [9.17, 15) is 14.9 Å². The van der Waals surface area contributed by atoms with Gasteiger partial charge in [-0.15, -0.1) is 0 Å². The molecule has 0 heterocycles. The van der Waals surface area contributed by atoms with Crippen LogP contribution < -0.4 is 27.0 Å². The highest BCUT2D eigenvalue weighted by molar-refractivity contribution is 5.91. The minimum Gasteiger partial charge on any atom is -1.00 e. The van der Waals surface area contributed by atoms with E-state index in [2.05, 4.69) is 19.2 Å². The Labute approximate surface area is 223 Å². The first-order valence-corrected chi connectivity index (χ1v) is 12.1. The van der Waals surface area contributed by atoms with E-state index in [1.54, 1.807) is 12.1 Å². The van der Waals surface area contributed by atoms with Crippen molar-refractivity contribution < 1.29 is 35.9 Å². The maximum Gasteiger partial charge on any atom is 0.279 e. The lowest BCUT2D eigenvalue weighted by atomic mass is 10.1. The number of amides is 1. The number of nitro groups is 1.